The zero-order valence-corrected chi connectivity index (χ0v) is 12.3. The van der Waals surface area contributed by atoms with Crippen LogP contribution < -0.4 is 11.1 Å². The molecule has 0 saturated carbocycles. The van der Waals surface area contributed by atoms with Gasteiger partial charge in [-0.3, -0.25) is 4.90 Å². The fourth-order valence-corrected chi connectivity index (χ4v) is 2.58. The van der Waals surface area contributed by atoms with Gasteiger partial charge in [0.15, 0.2) is 0 Å². The van der Waals surface area contributed by atoms with Crippen molar-refractivity contribution < 1.29 is 0 Å². The summed E-state index contributed by atoms with van der Waals surface area (Å²) in [6.07, 6.45) is 5.47. The van der Waals surface area contributed by atoms with Gasteiger partial charge in [-0.15, -0.1) is 0 Å². The largest absolute Gasteiger partial charge is 0.383 e. The smallest absolute Gasteiger partial charge is 0.145 e. The van der Waals surface area contributed by atoms with Crippen LogP contribution in [-0.2, 0) is 0 Å². The summed E-state index contributed by atoms with van der Waals surface area (Å²) in [7, 11) is 0. The zero-order chi connectivity index (χ0) is 13.0. The van der Waals surface area contributed by atoms with Crippen LogP contribution in [0.3, 0.4) is 0 Å². The van der Waals surface area contributed by atoms with Crippen LogP contribution in [0.4, 0.5) is 11.6 Å². The highest BCUT2D eigenvalue weighted by Crippen LogP contribution is 2.24. The van der Waals surface area contributed by atoms with E-state index < -0.39 is 0 Å². The van der Waals surface area contributed by atoms with Crippen molar-refractivity contribution in [2.75, 3.05) is 30.7 Å². The predicted molar refractivity (Wildman–Crippen MR) is 77.5 cm³/mol. The maximum Gasteiger partial charge on any atom is 0.145 e. The van der Waals surface area contributed by atoms with E-state index in [1.54, 1.807) is 0 Å². The van der Waals surface area contributed by atoms with Crippen LogP contribution in [0.25, 0.3) is 0 Å². The minimum Gasteiger partial charge on any atom is -0.383 e. The van der Waals surface area contributed by atoms with Crippen molar-refractivity contribution in [2.45, 2.75) is 32.2 Å². The van der Waals surface area contributed by atoms with Crippen LogP contribution in [0.2, 0.25) is 0 Å². The number of halogens is 1. The molecule has 1 atom stereocenters. The minimum atomic E-state index is 0.470. The van der Waals surface area contributed by atoms with Gasteiger partial charge >= 0.3 is 0 Å². The van der Waals surface area contributed by atoms with Crippen LogP contribution in [0, 0.1) is 0 Å². The molecule has 1 fully saturated rings. The van der Waals surface area contributed by atoms with Gasteiger partial charge in [0.05, 0.1) is 0 Å². The number of aromatic nitrogens is 2. The van der Waals surface area contributed by atoms with E-state index in [0.717, 1.165) is 16.8 Å². The van der Waals surface area contributed by atoms with Gasteiger partial charge < -0.3 is 11.1 Å². The van der Waals surface area contributed by atoms with E-state index in [1.165, 1.54) is 38.7 Å². The zero-order valence-electron chi connectivity index (χ0n) is 10.7. The summed E-state index contributed by atoms with van der Waals surface area (Å²) >= 11 is 3.40. The number of nitrogens with two attached hydrogens (primary N) is 1. The summed E-state index contributed by atoms with van der Waals surface area (Å²) in [5, 5.41) is 3.33. The second-order valence-corrected chi connectivity index (χ2v) is 5.54. The van der Waals surface area contributed by atoms with Crippen molar-refractivity contribution in [3.05, 3.63) is 10.8 Å². The molecule has 6 heteroatoms. The monoisotopic (exact) mass is 313 g/mol. The third-order valence-corrected chi connectivity index (χ3v) is 4.18. The first-order valence-corrected chi connectivity index (χ1v) is 7.21. The van der Waals surface area contributed by atoms with Crippen LogP contribution in [0.1, 0.15) is 26.2 Å². The molecule has 1 aromatic rings. The van der Waals surface area contributed by atoms with Gasteiger partial charge in [-0.05, 0) is 48.8 Å². The number of likely N-dealkylation sites (tertiary alicyclic amines) is 1. The SMILES string of the molecule is CC(CNc1ncnc(N)c1Br)N1CCCCC1. The molecule has 0 radical (unpaired) electrons. The number of nitrogens with one attached hydrogen (secondary N) is 1. The fourth-order valence-electron chi connectivity index (χ4n) is 2.24. The Balaban J connectivity index is 1.88. The van der Waals surface area contributed by atoms with Gasteiger partial charge in [-0.1, -0.05) is 6.42 Å². The number of rotatable bonds is 4. The molecule has 2 rings (SSSR count). The molecule has 0 amide bonds. The number of nitrogen functional groups attached to an aromatic ring is 1. The lowest BCUT2D eigenvalue weighted by molar-refractivity contribution is 0.180. The van der Waals surface area contributed by atoms with Gasteiger partial charge in [-0.2, -0.15) is 0 Å². The standard InChI is InChI=1S/C12H20BrN5/c1-9(18-5-3-2-4-6-18)7-15-12-10(13)11(14)16-8-17-12/h8-9H,2-7H2,1H3,(H3,14,15,16,17). The Kier molecular flexibility index (Phi) is 4.77. The highest BCUT2D eigenvalue weighted by molar-refractivity contribution is 9.10. The van der Waals surface area contributed by atoms with Crippen LogP contribution in [-0.4, -0.2) is 40.5 Å². The van der Waals surface area contributed by atoms with E-state index in [2.05, 4.69) is 43.0 Å². The molecule has 0 aliphatic carbocycles. The number of nitrogens with zero attached hydrogens (tertiary/aromatic N) is 3. The quantitative estimate of drug-likeness (QED) is 0.891. The van der Waals surface area contributed by atoms with Crippen molar-refractivity contribution in [3.63, 3.8) is 0 Å². The Morgan fingerprint density at radius 2 is 2.11 bits per heavy atom. The molecule has 2 heterocycles. The highest BCUT2D eigenvalue weighted by atomic mass is 79.9. The molecular weight excluding hydrogens is 294 g/mol. The molecule has 0 spiro atoms. The molecule has 1 aliphatic rings. The lowest BCUT2D eigenvalue weighted by Gasteiger charge is -2.32. The summed E-state index contributed by atoms with van der Waals surface area (Å²) in [4.78, 5) is 10.6. The molecule has 0 aromatic carbocycles. The molecule has 0 bridgehead atoms. The second kappa shape index (κ2) is 6.33. The summed E-state index contributed by atoms with van der Waals surface area (Å²) in [5.74, 6) is 1.24. The molecule has 1 aromatic heterocycles. The van der Waals surface area contributed by atoms with Gasteiger partial charge in [-0.25, -0.2) is 9.97 Å². The maximum atomic E-state index is 5.72. The third kappa shape index (κ3) is 3.32. The summed E-state index contributed by atoms with van der Waals surface area (Å²) < 4.78 is 0.746. The first-order chi connectivity index (χ1) is 8.68. The van der Waals surface area contributed by atoms with Gasteiger partial charge in [0, 0.05) is 12.6 Å². The van der Waals surface area contributed by atoms with Crippen molar-refractivity contribution in [2.24, 2.45) is 0 Å². The Hall–Kier alpha value is -0.880. The van der Waals surface area contributed by atoms with E-state index in [-0.39, 0.29) is 0 Å². The average molecular weight is 314 g/mol. The molecule has 3 N–H and O–H groups in total. The van der Waals surface area contributed by atoms with E-state index >= 15 is 0 Å². The molecule has 18 heavy (non-hydrogen) atoms. The second-order valence-electron chi connectivity index (χ2n) is 4.75. The van der Waals surface area contributed by atoms with E-state index in [1.807, 2.05) is 0 Å². The Morgan fingerprint density at radius 3 is 2.83 bits per heavy atom. The summed E-state index contributed by atoms with van der Waals surface area (Å²) in [5.41, 5.74) is 5.72. The van der Waals surface area contributed by atoms with Gasteiger partial charge in [0.2, 0.25) is 0 Å². The van der Waals surface area contributed by atoms with E-state index in [0.29, 0.717) is 11.9 Å². The lowest BCUT2D eigenvalue weighted by atomic mass is 10.1. The van der Waals surface area contributed by atoms with Crippen molar-refractivity contribution in [3.8, 4) is 0 Å². The number of hydrogen-bond acceptors (Lipinski definition) is 5. The highest BCUT2D eigenvalue weighted by Gasteiger charge is 2.17. The maximum absolute atomic E-state index is 5.72. The van der Waals surface area contributed by atoms with Crippen LogP contribution in [0.15, 0.2) is 10.8 Å². The first-order valence-electron chi connectivity index (χ1n) is 6.42. The molecule has 1 saturated heterocycles. The normalized spacial score (nSPS) is 18.6. The average Bonchev–Trinajstić information content (AvgIpc) is 2.41. The lowest BCUT2D eigenvalue weighted by Crippen LogP contribution is -2.41. The fraction of sp³-hybridized carbons (Fsp3) is 0.667. The van der Waals surface area contributed by atoms with Crippen molar-refractivity contribution in [1.82, 2.24) is 14.9 Å². The first kappa shape index (κ1) is 13.5. The number of piperidine rings is 1. The van der Waals surface area contributed by atoms with E-state index in [4.69, 9.17) is 5.73 Å². The van der Waals surface area contributed by atoms with Gasteiger partial charge in [0.1, 0.15) is 22.4 Å². The number of hydrogen-bond donors (Lipinski definition) is 2. The number of anilines is 2. The Bertz CT molecular complexity index is 392. The molecule has 100 valence electrons. The van der Waals surface area contributed by atoms with Crippen molar-refractivity contribution >= 4 is 27.6 Å². The Labute approximate surface area is 116 Å². The Morgan fingerprint density at radius 1 is 1.39 bits per heavy atom. The predicted octanol–water partition coefficient (Wildman–Crippen LogP) is 2.11. The van der Waals surface area contributed by atoms with Crippen LogP contribution >= 0.6 is 15.9 Å². The molecule has 5 nitrogen and oxygen atoms in total. The van der Waals surface area contributed by atoms with Gasteiger partial charge in [0.25, 0.3) is 0 Å². The summed E-state index contributed by atoms with van der Waals surface area (Å²) in [6, 6.07) is 0.508. The van der Waals surface area contributed by atoms with Crippen LogP contribution in [0.5, 0.6) is 0 Å². The molecular formula is C12H20BrN5. The topological polar surface area (TPSA) is 67.1 Å². The van der Waals surface area contributed by atoms with E-state index in [9.17, 15) is 0 Å². The molecule has 1 aliphatic heterocycles. The molecule has 1 unspecified atom stereocenters. The minimum absolute atomic E-state index is 0.470. The third-order valence-electron chi connectivity index (χ3n) is 3.40. The van der Waals surface area contributed by atoms with Crippen molar-refractivity contribution in [1.29, 1.82) is 0 Å². The summed E-state index contributed by atoms with van der Waals surface area (Å²) in [6.45, 7) is 5.53.